The molecule has 1 heterocycles. The van der Waals surface area contributed by atoms with Gasteiger partial charge in [-0.2, -0.15) is 0 Å². The van der Waals surface area contributed by atoms with Crippen LogP contribution in [-0.4, -0.2) is 35.3 Å². The van der Waals surface area contributed by atoms with E-state index in [1.807, 2.05) is 6.92 Å². The molecule has 0 spiro atoms. The summed E-state index contributed by atoms with van der Waals surface area (Å²) in [7, 11) is 1.67. The molecule has 1 fully saturated rings. The number of nitrogens with one attached hydrogen (secondary N) is 1. The van der Waals surface area contributed by atoms with Crippen LogP contribution in [0.4, 0.5) is 0 Å². The molecule has 0 saturated carbocycles. The zero-order valence-corrected chi connectivity index (χ0v) is 8.55. The van der Waals surface area contributed by atoms with Crippen LogP contribution in [0.15, 0.2) is 0 Å². The van der Waals surface area contributed by atoms with Crippen molar-refractivity contribution < 1.29 is 9.59 Å². The van der Waals surface area contributed by atoms with Crippen LogP contribution in [-0.2, 0) is 9.59 Å². The summed E-state index contributed by atoms with van der Waals surface area (Å²) < 4.78 is 0. The quantitative estimate of drug-likeness (QED) is 0.630. The Kier molecular flexibility index (Phi) is 2.32. The number of rotatable bonds is 1. The van der Waals surface area contributed by atoms with Gasteiger partial charge in [-0.3, -0.25) is 9.59 Å². The monoisotopic (exact) mass is 184 g/mol. The maximum absolute atomic E-state index is 11.7. The van der Waals surface area contributed by atoms with E-state index in [0.717, 1.165) is 0 Å². The first-order valence-corrected chi connectivity index (χ1v) is 4.51. The third-order valence-electron chi connectivity index (χ3n) is 2.86. The van der Waals surface area contributed by atoms with E-state index in [4.69, 9.17) is 0 Å². The normalized spacial score (nSPS) is 34.8. The second-order valence-corrected chi connectivity index (χ2v) is 3.77. The average Bonchev–Trinajstić information content (AvgIpc) is 2.12. The van der Waals surface area contributed by atoms with Crippen LogP contribution >= 0.6 is 0 Å². The Balaban J connectivity index is 2.95. The molecule has 2 unspecified atom stereocenters. The summed E-state index contributed by atoms with van der Waals surface area (Å²) in [6.45, 7) is 5.38. The summed E-state index contributed by atoms with van der Waals surface area (Å²) in [5.74, 6) is -0.0893. The molecule has 0 radical (unpaired) electrons. The van der Waals surface area contributed by atoms with Crippen molar-refractivity contribution in [2.24, 2.45) is 0 Å². The van der Waals surface area contributed by atoms with E-state index in [-0.39, 0.29) is 17.9 Å². The topological polar surface area (TPSA) is 49.4 Å². The fourth-order valence-corrected chi connectivity index (χ4v) is 1.41. The van der Waals surface area contributed by atoms with Crippen LogP contribution in [0, 0.1) is 0 Å². The highest BCUT2D eigenvalue weighted by molar-refractivity contribution is 5.99. The molecule has 74 valence electrons. The van der Waals surface area contributed by atoms with Crippen LogP contribution in [0.1, 0.15) is 27.2 Å². The van der Waals surface area contributed by atoms with Crippen LogP contribution in [0.5, 0.6) is 0 Å². The average molecular weight is 184 g/mol. The van der Waals surface area contributed by atoms with Gasteiger partial charge >= 0.3 is 0 Å². The van der Waals surface area contributed by atoms with E-state index in [9.17, 15) is 9.59 Å². The van der Waals surface area contributed by atoms with Gasteiger partial charge in [0, 0.05) is 7.05 Å². The molecule has 1 aliphatic heterocycles. The van der Waals surface area contributed by atoms with Gasteiger partial charge in [-0.25, -0.2) is 0 Å². The van der Waals surface area contributed by atoms with Crippen molar-refractivity contribution in [2.75, 3.05) is 7.05 Å². The highest BCUT2D eigenvalue weighted by atomic mass is 16.2. The molecule has 0 aromatic heterocycles. The van der Waals surface area contributed by atoms with Gasteiger partial charge < -0.3 is 10.2 Å². The van der Waals surface area contributed by atoms with Gasteiger partial charge in [0.2, 0.25) is 11.8 Å². The summed E-state index contributed by atoms with van der Waals surface area (Å²) in [5.41, 5.74) is -0.710. The number of likely N-dealkylation sites (N-methyl/N-ethyl adjacent to an activating group) is 1. The van der Waals surface area contributed by atoms with Crippen LogP contribution in [0.25, 0.3) is 0 Å². The molecule has 1 rings (SSSR count). The van der Waals surface area contributed by atoms with Gasteiger partial charge in [0.15, 0.2) is 0 Å². The summed E-state index contributed by atoms with van der Waals surface area (Å²) in [4.78, 5) is 24.7. The van der Waals surface area contributed by atoms with Gasteiger partial charge in [-0.1, -0.05) is 6.92 Å². The predicted octanol–water partition coefficient (Wildman–Crippen LogP) is 0.132. The maximum atomic E-state index is 11.7. The van der Waals surface area contributed by atoms with Gasteiger partial charge in [0.05, 0.1) is 0 Å². The molecule has 4 nitrogen and oxygen atoms in total. The number of hydrogen-bond donors (Lipinski definition) is 1. The Morgan fingerprint density at radius 1 is 1.54 bits per heavy atom. The molecule has 0 bridgehead atoms. The lowest BCUT2D eigenvalue weighted by atomic mass is 9.93. The standard InChI is InChI=1S/C9H16N2O2/c1-5-9(3)8(13)11(4)6(2)7(12)10-9/h6H,5H2,1-4H3,(H,10,12). The number of amides is 2. The Morgan fingerprint density at radius 2 is 2.08 bits per heavy atom. The molecule has 0 aromatic rings. The minimum absolute atomic E-state index is 0.0119. The number of piperazine rings is 1. The SMILES string of the molecule is CCC1(C)NC(=O)C(C)N(C)C1=O. The number of carbonyl (C=O) groups is 2. The molecule has 1 aliphatic rings. The molecular weight excluding hydrogens is 168 g/mol. The van der Waals surface area contributed by atoms with Crippen LogP contribution in [0.2, 0.25) is 0 Å². The van der Waals surface area contributed by atoms with E-state index >= 15 is 0 Å². The van der Waals surface area contributed by atoms with Crippen LogP contribution in [0.3, 0.4) is 0 Å². The van der Waals surface area contributed by atoms with Crippen molar-refractivity contribution in [3.63, 3.8) is 0 Å². The van der Waals surface area contributed by atoms with E-state index in [1.165, 1.54) is 4.90 Å². The Morgan fingerprint density at radius 3 is 2.54 bits per heavy atom. The smallest absolute Gasteiger partial charge is 0.248 e. The first-order valence-electron chi connectivity index (χ1n) is 4.51. The summed E-state index contributed by atoms with van der Waals surface area (Å²) in [5, 5.41) is 2.74. The third-order valence-corrected chi connectivity index (χ3v) is 2.86. The minimum atomic E-state index is -0.710. The Hall–Kier alpha value is -1.06. The first-order chi connectivity index (χ1) is 5.92. The van der Waals surface area contributed by atoms with Crippen LogP contribution < -0.4 is 5.32 Å². The van der Waals surface area contributed by atoms with Gasteiger partial charge in [-0.05, 0) is 20.3 Å². The second kappa shape index (κ2) is 3.01. The van der Waals surface area contributed by atoms with Gasteiger partial charge in [-0.15, -0.1) is 0 Å². The second-order valence-electron chi connectivity index (χ2n) is 3.77. The fourth-order valence-electron chi connectivity index (χ4n) is 1.41. The van der Waals surface area contributed by atoms with Crippen molar-refractivity contribution in [3.05, 3.63) is 0 Å². The van der Waals surface area contributed by atoms with Gasteiger partial charge in [0.25, 0.3) is 0 Å². The van der Waals surface area contributed by atoms with Gasteiger partial charge in [0.1, 0.15) is 11.6 Å². The zero-order chi connectivity index (χ0) is 10.2. The Bertz CT molecular complexity index is 252. The molecule has 0 aliphatic carbocycles. The zero-order valence-electron chi connectivity index (χ0n) is 8.55. The molecule has 1 N–H and O–H groups in total. The number of carbonyl (C=O) groups excluding carboxylic acids is 2. The number of nitrogens with zero attached hydrogens (tertiary/aromatic N) is 1. The summed E-state index contributed by atoms with van der Waals surface area (Å²) in [6.07, 6.45) is 0.620. The summed E-state index contributed by atoms with van der Waals surface area (Å²) >= 11 is 0. The molecule has 0 aromatic carbocycles. The van der Waals surface area contributed by atoms with Crippen molar-refractivity contribution in [1.82, 2.24) is 10.2 Å². The summed E-state index contributed by atoms with van der Waals surface area (Å²) in [6, 6.07) is -0.355. The first kappa shape index (κ1) is 10.0. The lowest BCUT2D eigenvalue weighted by molar-refractivity contribution is -0.151. The lowest BCUT2D eigenvalue weighted by Crippen LogP contribution is -2.67. The third kappa shape index (κ3) is 1.41. The highest BCUT2D eigenvalue weighted by Crippen LogP contribution is 2.19. The van der Waals surface area contributed by atoms with E-state index < -0.39 is 5.54 Å². The lowest BCUT2D eigenvalue weighted by Gasteiger charge is -2.41. The maximum Gasteiger partial charge on any atom is 0.248 e. The highest BCUT2D eigenvalue weighted by Gasteiger charge is 2.43. The largest absolute Gasteiger partial charge is 0.340 e. The molecule has 2 atom stereocenters. The molecule has 1 saturated heterocycles. The fraction of sp³-hybridized carbons (Fsp3) is 0.778. The Labute approximate surface area is 78.3 Å². The van der Waals surface area contributed by atoms with Crippen molar-refractivity contribution in [2.45, 2.75) is 38.8 Å². The van der Waals surface area contributed by atoms with E-state index in [0.29, 0.717) is 6.42 Å². The predicted molar refractivity (Wildman–Crippen MR) is 49.1 cm³/mol. The van der Waals surface area contributed by atoms with Crippen molar-refractivity contribution >= 4 is 11.8 Å². The molecule has 13 heavy (non-hydrogen) atoms. The molecule has 4 heteroatoms. The van der Waals surface area contributed by atoms with E-state index in [1.54, 1.807) is 20.9 Å². The van der Waals surface area contributed by atoms with E-state index in [2.05, 4.69) is 5.32 Å². The van der Waals surface area contributed by atoms with Crippen molar-refractivity contribution in [1.29, 1.82) is 0 Å². The molecule has 2 amide bonds. The van der Waals surface area contributed by atoms with Crippen molar-refractivity contribution in [3.8, 4) is 0 Å². The molecular formula is C9H16N2O2. The minimum Gasteiger partial charge on any atom is -0.340 e. The number of hydrogen-bond acceptors (Lipinski definition) is 2.